The molecule has 0 aliphatic carbocycles. The molecule has 2 nitrogen and oxygen atoms in total. The first-order valence-electron chi connectivity index (χ1n) is 6.23. The van der Waals surface area contributed by atoms with E-state index in [1.807, 2.05) is 0 Å². The van der Waals surface area contributed by atoms with Gasteiger partial charge < -0.3 is 0 Å². The Labute approximate surface area is 106 Å². The van der Waals surface area contributed by atoms with Gasteiger partial charge in [0.2, 0.25) is 0 Å². The summed E-state index contributed by atoms with van der Waals surface area (Å²) in [6, 6.07) is 8.90. The van der Waals surface area contributed by atoms with Gasteiger partial charge in [0.25, 0.3) is 0 Å². The van der Waals surface area contributed by atoms with Crippen molar-refractivity contribution >= 4 is 10.8 Å². The molecular formula is C14H21NOS. The van der Waals surface area contributed by atoms with Crippen LogP contribution in [0, 0.1) is 0 Å². The van der Waals surface area contributed by atoms with Crippen LogP contribution in [0.2, 0.25) is 0 Å². The summed E-state index contributed by atoms with van der Waals surface area (Å²) in [4.78, 5) is 2.34. The van der Waals surface area contributed by atoms with E-state index < -0.39 is 10.8 Å². The molecule has 0 N–H and O–H groups in total. The van der Waals surface area contributed by atoms with Crippen molar-refractivity contribution < 1.29 is 4.21 Å². The third-order valence-electron chi connectivity index (χ3n) is 3.52. The first-order valence-corrected chi connectivity index (χ1v) is 7.72. The quantitative estimate of drug-likeness (QED) is 0.805. The molecule has 0 bridgehead atoms. The Morgan fingerprint density at radius 1 is 1.35 bits per heavy atom. The molecule has 1 aliphatic heterocycles. The van der Waals surface area contributed by atoms with E-state index in [1.54, 1.807) is 0 Å². The molecule has 0 amide bonds. The molecule has 0 aromatic heterocycles. The minimum atomic E-state index is -0.655. The number of nitrogens with zero attached hydrogens (tertiary/aromatic N) is 1. The van der Waals surface area contributed by atoms with Crippen molar-refractivity contribution in [2.45, 2.75) is 25.8 Å². The number of hydrogen-bond donors (Lipinski definition) is 0. The van der Waals surface area contributed by atoms with Crippen LogP contribution in [0.4, 0.5) is 0 Å². The highest BCUT2D eigenvalue weighted by Crippen LogP contribution is 2.30. The van der Waals surface area contributed by atoms with Gasteiger partial charge in [-0.25, -0.2) is 0 Å². The maximum atomic E-state index is 11.8. The first-order chi connectivity index (χ1) is 8.09. The molecule has 1 saturated heterocycles. The summed E-state index contributed by atoms with van der Waals surface area (Å²) in [7, 11) is 1.48. The molecule has 94 valence electrons. The average Bonchev–Trinajstić information content (AvgIpc) is 2.32. The average molecular weight is 251 g/mol. The van der Waals surface area contributed by atoms with E-state index >= 15 is 0 Å². The summed E-state index contributed by atoms with van der Waals surface area (Å²) in [6.07, 6.45) is 0. The monoisotopic (exact) mass is 251 g/mol. The molecule has 17 heavy (non-hydrogen) atoms. The van der Waals surface area contributed by atoms with Crippen LogP contribution in [-0.4, -0.2) is 34.2 Å². The van der Waals surface area contributed by atoms with Gasteiger partial charge in [-0.3, -0.25) is 9.11 Å². The molecular weight excluding hydrogens is 230 g/mol. The Morgan fingerprint density at radius 2 is 2.06 bits per heavy atom. The minimum absolute atomic E-state index is 0.322. The molecule has 2 rings (SSSR count). The molecule has 2 unspecified atom stereocenters. The van der Waals surface area contributed by atoms with Crippen molar-refractivity contribution in [3.63, 3.8) is 0 Å². The fraction of sp³-hybridized carbons (Fsp3) is 0.571. The molecule has 0 saturated carbocycles. The topological polar surface area (TPSA) is 20.3 Å². The molecule has 1 aromatic carbocycles. The summed E-state index contributed by atoms with van der Waals surface area (Å²) >= 11 is 0. The number of rotatable bonds is 2. The Bertz CT molecular complexity index is 416. The van der Waals surface area contributed by atoms with E-state index in [0.717, 1.165) is 18.1 Å². The highest BCUT2D eigenvalue weighted by molar-refractivity contribution is 7.85. The van der Waals surface area contributed by atoms with Crippen LogP contribution in [0.25, 0.3) is 0 Å². The second kappa shape index (κ2) is 5.32. The number of benzene rings is 1. The lowest BCUT2D eigenvalue weighted by atomic mass is 9.93. The first kappa shape index (κ1) is 12.8. The van der Waals surface area contributed by atoms with Crippen molar-refractivity contribution in [2.75, 3.05) is 25.1 Å². The molecule has 2 atom stereocenters. The van der Waals surface area contributed by atoms with Gasteiger partial charge in [0.05, 0.1) is 0 Å². The summed E-state index contributed by atoms with van der Waals surface area (Å²) in [5.41, 5.74) is 2.75. The zero-order valence-electron chi connectivity index (χ0n) is 10.8. The zero-order chi connectivity index (χ0) is 12.4. The van der Waals surface area contributed by atoms with Crippen LogP contribution in [0.5, 0.6) is 0 Å². The van der Waals surface area contributed by atoms with E-state index in [2.05, 4.69) is 50.1 Å². The lowest BCUT2D eigenvalue weighted by molar-refractivity contribution is 0.269. The van der Waals surface area contributed by atoms with Crippen molar-refractivity contribution in [1.82, 2.24) is 4.90 Å². The Hall–Kier alpha value is -0.670. The largest absolute Gasteiger partial charge is 0.298 e. The van der Waals surface area contributed by atoms with Crippen LogP contribution in [-0.2, 0) is 10.8 Å². The smallest absolute Gasteiger partial charge is 0.0463 e. The van der Waals surface area contributed by atoms with E-state index in [1.165, 1.54) is 11.1 Å². The van der Waals surface area contributed by atoms with Crippen molar-refractivity contribution in [3.05, 3.63) is 35.4 Å². The molecule has 1 aromatic rings. The highest BCUT2D eigenvalue weighted by atomic mass is 32.2. The second-order valence-electron chi connectivity index (χ2n) is 5.09. The van der Waals surface area contributed by atoms with Gasteiger partial charge in [0.15, 0.2) is 0 Å². The van der Waals surface area contributed by atoms with E-state index in [-0.39, 0.29) is 0 Å². The van der Waals surface area contributed by atoms with Gasteiger partial charge in [0.1, 0.15) is 0 Å². The fourth-order valence-corrected chi connectivity index (χ4v) is 3.90. The highest BCUT2D eigenvalue weighted by Gasteiger charge is 2.26. The SMILES string of the molecule is CC(C)c1ccccc1C1CS(=O)CCN1C. The summed E-state index contributed by atoms with van der Waals surface area (Å²) in [5.74, 6) is 2.12. The molecule has 0 spiro atoms. The van der Waals surface area contributed by atoms with Gasteiger partial charge >= 0.3 is 0 Å². The van der Waals surface area contributed by atoms with Gasteiger partial charge in [-0.05, 0) is 24.1 Å². The Balaban J connectivity index is 2.35. The van der Waals surface area contributed by atoms with Crippen LogP contribution in [0.15, 0.2) is 24.3 Å². The van der Waals surface area contributed by atoms with Gasteiger partial charge in [0, 0.05) is 34.9 Å². The van der Waals surface area contributed by atoms with Crippen molar-refractivity contribution in [3.8, 4) is 0 Å². The Morgan fingerprint density at radius 3 is 2.76 bits per heavy atom. The lowest BCUT2D eigenvalue weighted by Gasteiger charge is -2.34. The van der Waals surface area contributed by atoms with Crippen molar-refractivity contribution in [1.29, 1.82) is 0 Å². The summed E-state index contributed by atoms with van der Waals surface area (Å²) < 4.78 is 11.8. The van der Waals surface area contributed by atoms with Crippen molar-refractivity contribution in [2.24, 2.45) is 0 Å². The molecule has 1 fully saturated rings. The van der Waals surface area contributed by atoms with Crippen LogP contribution in [0.1, 0.15) is 36.9 Å². The third-order valence-corrected chi connectivity index (χ3v) is 4.85. The zero-order valence-corrected chi connectivity index (χ0v) is 11.7. The van der Waals surface area contributed by atoms with Gasteiger partial charge in [-0.15, -0.1) is 0 Å². The maximum absolute atomic E-state index is 11.8. The fourth-order valence-electron chi connectivity index (χ4n) is 2.46. The minimum Gasteiger partial charge on any atom is -0.298 e. The predicted molar refractivity (Wildman–Crippen MR) is 73.8 cm³/mol. The predicted octanol–water partition coefficient (Wildman–Crippen LogP) is 2.55. The van der Waals surface area contributed by atoms with Crippen LogP contribution < -0.4 is 0 Å². The molecule has 1 heterocycles. The lowest BCUT2D eigenvalue weighted by Crippen LogP contribution is -2.38. The summed E-state index contributed by atoms with van der Waals surface area (Å²) in [6.45, 7) is 5.38. The summed E-state index contributed by atoms with van der Waals surface area (Å²) in [5, 5.41) is 0. The molecule has 3 heteroatoms. The van der Waals surface area contributed by atoms with E-state index in [0.29, 0.717) is 12.0 Å². The number of hydrogen-bond acceptors (Lipinski definition) is 2. The second-order valence-corrected chi connectivity index (χ2v) is 6.71. The standard InChI is InChI=1S/C14H21NOS/c1-11(2)12-6-4-5-7-13(12)14-10-17(16)9-8-15(14)3/h4-7,11,14H,8-10H2,1-3H3. The third kappa shape index (κ3) is 2.78. The van der Waals surface area contributed by atoms with Crippen LogP contribution >= 0.6 is 0 Å². The molecule has 1 aliphatic rings. The van der Waals surface area contributed by atoms with Gasteiger partial charge in [-0.2, -0.15) is 0 Å². The normalized spacial score (nSPS) is 26.4. The van der Waals surface area contributed by atoms with Crippen LogP contribution in [0.3, 0.4) is 0 Å². The maximum Gasteiger partial charge on any atom is 0.0463 e. The van der Waals surface area contributed by atoms with E-state index in [9.17, 15) is 4.21 Å². The van der Waals surface area contributed by atoms with E-state index in [4.69, 9.17) is 0 Å². The van der Waals surface area contributed by atoms with Gasteiger partial charge in [-0.1, -0.05) is 38.1 Å². The molecule has 0 radical (unpaired) electrons. The Kier molecular flexibility index (Phi) is 4.00.